The Kier molecular flexibility index (Phi) is 2.75. The van der Waals surface area contributed by atoms with Crippen molar-refractivity contribution in [1.82, 2.24) is 4.98 Å². The minimum Gasteiger partial charge on any atom is -0.449 e. The van der Waals surface area contributed by atoms with Gasteiger partial charge in [-0.1, -0.05) is 17.7 Å². The molecule has 4 heteroatoms. The molecular weight excluding hydrogens is 212 g/mol. The van der Waals surface area contributed by atoms with Crippen molar-refractivity contribution in [3.8, 4) is 11.3 Å². The van der Waals surface area contributed by atoms with E-state index in [0.717, 1.165) is 16.8 Å². The summed E-state index contributed by atoms with van der Waals surface area (Å²) in [5.74, 6) is 0.647. The molecule has 1 heterocycles. The van der Waals surface area contributed by atoms with Crippen LogP contribution in [0.5, 0.6) is 0 Å². The maximum Gasteiger partial charge on any atom is 0.191 e. The molecule has 0 bridgehead atoms. The molecule has 0 radical (unpaired) electrons. The molecule has 3 nitrogen and oxygen atoms in total. The predicted molar refractivity (Wildman–Crippen MR) is 59.6 cm³/mol. The predicted octanol–water partition coefficient (Wildman–Crippen LogP) is 2.76. The van der Waals surface area contributed by atoms with Crippen molar-refractivity contribution in [2.75, 3.05) is 0 Å². The SMILES string of the molecule is Cc1nc(-c2ccc(Cl)c(CN)c2)co1. The molecule has 0 aliphatic heterocycles. The topological polar surface area (TPSA) is 52.0 Å². The number of hydrogen-bond donors (Lipinski definition) is 1. The van der Waals surface area contributed by atoms with E-state index in [9.17, 15) is 0 Å². The molecule has 0 amide bonds. The van der Waals surface area contributed by atoms with E-state index in [4.69, 9.17) is 21.8 Å². The third-order valence-electron chi connectivity index (χ3n) is 2.18. The van der Waals surface area contributed by atoms with Crippen molar-refractivity contribution in [2.24, 2.45) is 5.73 Å². The van der Waals surface area contributed by atoms with Crippen LogP contribution in [0.15, 0.2) is 28.9 Å². The zero-order valence-corrected chi connectivity index (χ0v) is 9.08. The van der Waals surface area contributed by atoms with Crippen molar-refractivity contribution in [1.29, 1.82) is 0 Å². The molecule has 0 fully saturated rings. The van der Waals surface area contributed by atoms with Crippen LogP contribution in [0, 0.1) is 6.92 Å². The van der Waals surface area contributed by atoms with Crippen molar-refractivity contribution in [3.63, 3.8) is 0 Å². The lowest BCUT2D eigenvalue weighted by atomic mass is 10.1. The molecule has 1 aromatic heterocycles. The van der Waals surface area contributed by atoms with Crippen LogP contribution in [0.25, 0.3) is 11.3 Å². The molecule has 2 rings (SSSR count). The third kappa shape index (κ3) is 2.03. The first-order valence-corrected chi connectivity index (χ1v) is 4.99. The maximum atomic E-state index is 5.97. The Morgan fingerprint density at radius 2 is 2.27 bits per heavy atom. The second-order valence-electron chi connectivity index (χ2n) is 3.26. The highest BCUT2D eigenvalue weighted by Crippen LogP contribution is 2.24. The molecule has 0 saturated heterocycles. The van der Waals surface area contributed by atoms with E-state index < -0.39 is 0 Å². The highest BCUT2D eigenvalue weighted by atomic mass is 35.5. The van der Waals surface area contributed by atoms with Gasteiger partial charge < -0.3 is 10.2 Å². The summed E-state index contributed by atoms with van der Waals surface area (Å²) in [5, 5.41) is 0.682. The summed E-state index contributed by atoms with van der Waals surface area (Å²) < 4.78 is 5.15. The number of aromatic nitrogens is 1. The van der Waals surface area contributed by atoms with Gasteiger partial charge in [-0.15, -0.1) is 0 Å². The van der Waals surface area contributed by atoms with Crippen molar-refractivity contribution in [3.05, 3.63) is 40.9 Å². The van der Waals surface area contributed by atoms with Gasteiger partial charge in [0.25, 0.3) is 0 Å². The molecule has 15 heavy (non-hydrogen) atoms. The van der Waals surface area contributed by atoms with Gasteiger partial charge in [0.05, 0.1) is 0 Å². The van der Waals surface area contributed by atoms with Gasteiger partial charge >= 0.3 is 0 Å². The standard InChI is InChI=1S/C11H11ClN2O/c1-7-14-11(6-15-7)8-2-3-10(12)9(4-8)5-13/h2-4,6H,5,13H2,1H3. The van der Waals surface area contributed by atoms with Gasteiger partial charge in [-0.3, -0.25) is 0 Å². The molecule has 0 atom stereocenters. The first-order chi connectivity index (χ1) is 7.20. The monoisotopic (exact) mass is 222 g/mol. The number of nitrogens with two attached hydrogens (primary N) is 1. The number of halogens is 1. The largest absolute Gasteiger partial charge is 0.449 e. The summed E-state index contributed by atoms with van der Waals surface area (Å²) in [6.45, 7) is 2.23. The number of oxazole rings is 1. The Morgan fingerprint density at radius 3 is 2.87 bits per heavy atom. The summed E-state index contributed by atoms with van der Waals surface area (Å²) in [6, 6.07) is 5.65. The Labute approximate surface area is 92.9 Å². The van der Waals surface area contributed by atoms with Crippen molar-refractivity contribution >= 4 is 11.6 Å². The molecule has 78 valence electrons. The van der Waals surface area contributed by atoms with E-state index >= 15 is 0 Å². The summed E-state index contributed by atoms with van der Waals surface area (Å²) in [6.07, 6.45) is 1.62. The zero-order valence-electron chi connectivity index (χ0n) is 8.33. The Hall–Kier alpha value is -1.32. The third-order valence-corrected chi connectivity index (χ3v) is 2.55. The number of hydrogen-bond acceptors (Lipinski definition) is 3. The van der Waals surface area contributed by atoms with Crippen LogP contribution in [0.4, 0.5) is 0 Å². The van der Waals surface area contributed by atoms with Gasteiger partial charge in [0, 0.05) is 24.1 Å². The van der Waals surface area contributed by atoms with E-state index in [2.05, 4.69) is 4.98 Å². The molecule has 0 aliphatic rings. The highest BCUT2D eigenvalue weighted by Gasteiger charge is 2.06. The molecule has 1 aromatic carbocycles. The molecule has 0 unspecified atom stereocenters. The number of benzene rings is 1. The fourth-order valence-corrected chi connectivity index (χ4v) is 1.58. The van der Waals surface area contributed by atoms with E-state index in [1.807, 2.05) is 25.1 Å². The normalized spacial score (nSPS) is 10.6. The second-order valence-corrected chi connectivity index (χ2v) is 3.67. The van der Waals surface area contributed by atoms with Crippen LogP contribution in [0.3, 0.4) is 0 Å². The zero-order chi connectivity index (χ0) is 10.8. The molecule has 2 aromatic rings. The maximum absolute atomic E-state index is 5.97. The van der Waals surface area contributed by atoms with Gasteiger partial charge in [-0.05, 0) is 17.7 Å². The molecule has 0 spiro atoms. The number of aryl methyl sites for hydroxylation is 1. The summed E-state index contributed by atoms with van der Waals surface area (Å²) in [4.78, 5) is 4.24. The van der Waals surface area contributed by atoms with Crippen LogP contribution in [0.2, 0.25) is 5.02 Å². The first kappa shape index (κ1) is 10.2. The number of nitrogens with zero attached hydrogens (tertiary/aromatic N) is 1. The lowest BCUT2D eigenvalue weighted by molar-refractivity contribution is 0.521. The van der Waals surface area contributed by atoms with Gasteiger partial charge in [-0.2, -0.15) is 0 Å². The van der Waals surface area contributed by atoms with E-state index in [1.165, 1.54) is 0 Å². The minimum absolute atomic E-state index is 0.420. The minimum atomic E-state index is 0.420. The summed E-state index contributed by atoms with van der Waals surface area (Å²) in [7, 11) is 0. The first-order valence-electron chi connectivity index (χ1n) is 4.61. The van der Waals surface area contributed by atoms with Gasteiger partial charge in [0.1, 0.15) is 12.0 Å². The highest BCUT2D eigenvalue weighted by molar-refractivity contribution is 6.31. The Bertz CT molecular complexity index is 479. The molecular formula is C11H11ClN2O. The van der Waals surface area contributed by atoms with Crippen LogP contribution in [0.1, 0.15) is 11.5 Å². The Balaban J connectivity index is 2.45. The quantitative estimate of drug-likeness (QED) is 0.850. The van der Waals surface area contributed by atoms with Crippen LogP contribution >= 0.6 is 11.6 Å². The van der Waals surface area contributed by atoms with Gasteiger partial charge in [-0.25, -0.2) is 4.98 Å². The van der Waals surface area contributed by atoms with Gasteiger partial charge in [0.15, 0.2) is 5.89 Å². The van der Waals surface area contributed by atoms with Crippen molar-refractivity contribution in [2.45, 2.75) is 13.5 Å². The molecule has 2 N–H and O–H groups in total. The fourth-order valence-electron chi connectivity index (χ4n) is 1.39. The fraction of sp³-hybridized carbons (Fsp3) is 0.182. The van der Waals surface area contributed by atoms with Crippen LogP contribution in [-0.4, -0.2) is 4.98 Å². The van der Waals surface area contributed by atoms with Crippen LogP contribution < -0.4 is 5.73 Å². The number of rotatable bonds is 2. The lowest BCUT2D eigenvalue weighted by Gasteiger charge is -2.02. The second kappa shape index (κ2) is 4.04. The smallest absolute Gasteiger partial charge is 0.191 e. The van der Waals surface area contributed by atoms with E-state index in [1.54, 1.807) is 6.26 Å². The average Bonchev–Trinajstić information content (AvgIpc) is 2.66. The van der Waals surface area contributed by atoms with Gasteiger partial charge in [0.2, 0.25) is 0 Å². The molecule has 0 saturated carbocycles. The van der Waals surface area contributed by atoms with E-state index in [-0.39, 0.29) is 0 Å². The van der Waals surface area contributed by atoms with E-state index in [0.29, 0.717) is 17.5 Å². The summed E-state index contributed by atoms with van der Waals surface area (Å²) >= 11 is 5.97. The molecule has 0 aliphatic carbocycles. The Morgan fingerprint density at radius 1 is 1.47 bits per heavy atom. The van der Waals surface area contributed by atoms with Crippen molar-refractivity contribution < 1.29 is 4.42 Å². The lowest BCUT2D eigenvalue weighted by Crippen LogP contribution is -1.97. The van der Waals surface area contributed by atoms with Crippen LogP contribution in [-0.2, 0) is 6.54 Å². The average molecular weight is 223 g/mol. The summed E-state index contributed by atoms with van der Waals surface area (Å²) in [5.41, 5.74) is 8.26.